The van der Waals surface area contributed by atoms with Gasteiger partial charge in [0.2, 0.25) is 0 Å². The van der Waals surface area contributed by atoms with Crippen LogP contribution >= 0.6 is 0 Å². The van der Waals surface area contributed by atoms with Gasteiger partial charge in [-0.05, 0) is 38.6 Å². The van der Waals surface area contributed by atoms with Crippen LogP contribution in [0.2, 0.25) is 0 Å². The fourth-order valence-corrected chi connectivity index (χ4v) is 3.02. The third-order valence-electron chi connectivity index (χ3n) is 4.45. The predicted molar refractivity (Wildman–Crippen MR) is 77.2 cm³/mol. The summed E-state index contributed by atoms with van der Waals surface area (Å²) in [5.74, 6) is 1.17. The number of methoxy groups -OCH3 is 1. The second-order valence-corrected chi connectivity index (χ2v) is 5.69. The van der Waals surface area contributed by atoms with E-state index in [1.807, 2.05) is 19.5 Å². The summed E-state index contributed by atoms with van der Waals surface area (Å²) in [6, 6.07) is 0.530. The molecule has 2 rings (SSSR count). The second kappa shape index (κ2) is 6.53. The van der Waals surface area contributed by atoms with E-state index in [1.54, 1.807) is 0 Å². The average molecular weight is 265 g/mol. The van der Waals surface area contributed by atoms with E-state index in [0.717, 1.165) is 25.8 Å². The molecule has 1 aliphatic carbocycles. The molecule has 4 nitrogen and oxygen atoms in total. The molecule has 0 aliphatic heterocycles. The lowest BCUT2D eigenvalue weighted by Crippen LogP contribution is -2.46. The van der Waals surface area contributed by atoms with Crippen molar-refractivity contribution in [2.75, 3.05) is 13.7 Å². The molecule has 0 saturated heterocycles. The van der Waals surface area contributed by atoms with E-state index in [1.165, 1.54) is 25.1 Å². The first-order chi connectivity index (χ1) is 9.19. The summed E-state index contributed by atoms with van der Waals surface area (Å²) in [5.41, 5.74) is 0.147. The minimum absolute atomic E-state index is 0.147. The van der Waals surface area contributed by atoms with Crippen molar-refractivity contribution in [1.82, 2.24) is 14.9 Å². The van der Waals surface area contributed by atoms with Crippen LogP contribution in [-0.4, -0.2) is 34.8 Å². The summed E-state index contributed by atoms with van der Waals surface area (Å²) in [6.45, 7) is 3.19. The van der Waals surface area contributed by atoms with Crippen LogP contribution in [0.1, 0.15) is 44.9 Å². The summed E-state index contributed by atoms with van der Waals surface area (Å²) in [4.78, 5) is 4.40. The summed E-state index contributed by atoms with van der Waals surface area (Å²) in [5, 5.41) is 3.61. The van der Waals surface area contributed by atoms with Crippen LogP contribution in [0.15, 0.2) is 12.4 Å². The Hall–Kier alpha value is -0.870. The maximum Gasteiger partial charge on any atom is 0.108 e. The minimum Gasteiger partial charge on any atom is -0.378 e. The van der Waals surface area contributed by atoms with Gasteiger partial charge in [0.1, 0.15) is 5.82 Å². The molecule has 1 aromatic heterocycles. The Morgan fingerprint density at radius 3 is 2.79 bits per heavy atom. The van der Waals surface area contributed by atoms with Crippen LogP contribution in [0.3, 0.4) is 0 Å². The van der Waals surface area contributed by atoms with Crippen molar-refractivity contribution in [2.45, 2.75) is 57.1 Å². The molecule has 0 bridgehead atoms. The Bertz CT molecular complexity index is 379. The van der Waals surface area contributed by atoms with Crippen LogP contribution in [0.25, 0.3) is 0 Å². The van der Waals surface area contributed by atoms with Crippen molar-refractivity contribution >= 4 is 0 Å². The van der Waals surface area contributed by atoms with E-state index in [4.69, 9.17) is 4.74 Å². The number of hydrogen-bond acceptors (Lipinski definition) is 3. The van der Waals surface area contributed by atoms with Crippen molar-refractivity contribution in [1.29, 1.82) is 0 Å². The zero-order valence-electron chi connectivity index (χ0n) is 12.5. The van der Waals surface area contributed by atoms with Crippen molar-refractivity contribution in [3.63, 3.8) is 0 Å². The van der Waals surface area contributed by atoms with Gasteiger partial charge in [-0.2, -0.15) is 0 Å². The van der Waals surface area contributed by atoms with Crippen molar-refractivity contribution in [3.05, 3.63) is 18.2 Å². The van der Waals surface area contributed by atoms with Crippen LogP contribution in [0.5, 0.6) is 0 Å². The molecule has 1 unspecified atom stereocenters. The zero-order chi connectivity index (χ0) is 13.7. The van der Waals surface area contributed by atoms with E-state index < -0.39 is 0 Å². The molecule has 0 amide bonds. The standard InChI is InChI=1S/C15H27N3O/c1-4-16-13(12-15(19-3)8-5-9-15)6-7-14-17-10-11-18(14)2/h10-11,13,16H,4-9,12H2,1-3H3. The third-order valence-corrected chi connectivity index (χ3v) is 4.45. The monoisotopic (exact) mass is 265 g/mol. The van der Waals surface area contributed by atoms with E-state index in [-0.39, 0.29) is 5.60 Å². The van der Waals surface area contributed by atoms with Crippen molar-refractivity contribution < 1.29 is 4.74 Å². The molecule has 19 heavy (non-hydrogen) atoms. The van der Waals surface area contributed by atoms with Gasteiger partial charge in [0, 0.05) is 39.0 Å². The molecule has 0 spiro atoms. The van der Waals surface area contributed by atoms with Crippen molar-refractivity contribution in [2.24, 2.45) is 7.05 Å². The Morgan fingerprint density at radius 1 is 1.53 bits per heavy atom. The summed E-state index contributed by atoms with van der Waals surface area (Å²) in [6.07, 6.45) is 10.9. The second-order valence-electron chi connectivity index (χ2n) is 5.69. The molecule has 1 atom stereocenters. The number of imidazole rings is 1. The van der Waals surface area contributed by atoms with Crippen molar-refractivity contribution in [3.8, 4) is 0 Å². The van der Waals surface area contributed by atoms with Crippen LogP contribution in [0.4, 0.5) is 0 Å². The normalized spacial score (nSPS) is 19.1. The van der Waals surface area contributed by atoms with Gasteiger partial charge < -0.3 is 14.6 Å². The lowest BCUT2D eigenvalue weighted by Gasteiger charge is -2.43. The Balaban J connectivity index is 1.87. The molecule has 108 valence electrons. The molecule has 4 heteroatoms. The first-order valence-corrected chi connectivity index (χ1v) is 7.44. The third kappa shape index (κ3) is 3.57. The molecule has 1 aromatic rings. The molecule has 0 radical (unpaired) electrons. The Kier molecular flexibility index (Phi) is 4.99. The Morgan fingerprint density at radius 2 is 2.32 bits per heavy atom. The number of ether oxygens (including phenoxy) is 1. The minimum atomic E-state index is 0.147. The summed E-state index contributed by atoms with van der Waals surface area (Å²) < 4.78 is 7.86. The number of rotatable bonds is 8. The fourth-order valence-electron chi connectivity index (χ4n) is 3.02. The smallest absolute Gasteiger partial charge is 0.108 e. The highest BCUT2D eigenvalue weighted by Crippen LogP contribution is 2.39. The molecular weight excluding hydrogens is 238 g/mol. The van der Waals surface area contributed by atoms with Gasteiger partial charge in [0.05, 0.1) is 5.60 Å². The van der Waals surface area contributed by atoms with Crippen LogP contribution < -0.4 is 5.32 Å². The van der Waals surface area contributed by atoms with E-state index in [0.29, 0.717) is 6.04 Å². The van der Waals surface area contributed by atoms with Gasteiger partial charge in [-0.1, -0.05) is 6.92 Å². The number of hydrogen-bond donors (Lipinski definition) is 1. The number of aryl methyl sites for hydroxylation is 2. The fraction of sp³-hybridized carbons (Fsp3) is 0.800. The Labute approximate surface area is 116 Å². The topological polar surface area (TPSA) is 39.1 Å². The predicted octanol–water partition coefficient (Wildman–Crippen LogP) is 2.29. The molecule has 1 N–H and O–H groups in total. The highest BCUT2D eigenvalue weighted by molar-refractivity contribution is 4.96. The molecule has 1 saturated carbocycles. The van der Waals surface area contributed by atoms with E-state index >= 15 is 0 Å². The molecule has 1 fully saturated rings. The number of nitrogens with one attached hydrogen (secondary N) is 1. The van der Waals surface area contributed by atoms with Gasteiger partial charge in [-0.15, -0.1) is 0 Å². The quantitative estimate of drug-likeness (QED) is 0.784. The lowest BCUT2D eigenvalue weighted by molar-refractivity contribution is -0.0838. The zero-order valence-corrected chi connectivity index (χ0v) is 12.5. The lowest BCUT2D eigenvalue weighted by atomic mass is 9.75. The molecular formula is C15H27N3O. The number of aromatic nitrogens is 2. The molecule has 0 aromatic carbocycles. The summed E-state index contributed by atoms with van der Waals surface area (Å²) >= 11 is 0. The summed E-state index contributed by atoms with van der Waals surface area (Å²) in [7, 11) is 3.92. The maximum absolute atomic E-state index is 5.75. The van der Waals surface area contributed by atoms with Crippen LogP contribution in [0, 0.1) is 0 Å². The SMILES string of the molecule is CCNC(CCc1nccn1C)CC1(OC)CCC1. The highest BCUT2D eigenvalue weighted by Gasteiger charge is 2.38. The van der Waals surface area contributed by atoms with Gasteiger partial charge in [-0.3, -0.25) is 0 Å². The first-order valence-electron chi connectivity index (χ1n) is 7.44. The highest BCUT2D eigenvalue weighted by atomic mass is 16.5. The van der Waals surface area contributed by atoms with E-state index in [9.17, 15) is 0 Å². The van der Waals surface area contributed by atoms with Gasteiger partial charge in [0.15, 0.2) is 0 Å². The van der Waals surface area contributed by atoms with E-state index in [2.05, 4.69) is 28.8 Å². The first kappa shape index (κ1) is 14.5. The maximum atomic E-state index is 5.75. The average Bonchev–Trinajstić information content (AvgIpc) is 2.76. The molecule has 1 heterocycles. The number of nitrogens with zero attached hydrogens (tertiary/aromatic N) is 2. The van der Waals surface area contributed by atoms with Gasteiger partial charge in [0.25, 0.3) is 0 Å². The van der Waals surface area contributed by atoms with Gasteiger partial charge >= 0.3 is 0 Å². The molecule has 1 aliphatic rings. The largest absolute Gasteiger partial charge is 0.378 e. The van der Waals surface area contributed by atoms with Crippen LogP contribution in [-0.2, 0) is 18.2 Å². The van der Waals surface area contributed by atoms with Gasteiger partial charge in [-0.25, -0.2) is 4.98 Å².